The maximum Gasteiger partial charge on any atom is 0.137 e. The van der Waals surface area contributed by atoms with Crippen LogP contribution in [0, 0.1) is 0 Å². The maximum absolute atomic E-state index is 12.5. The van der Waals surface area contributed by atoms with Crippen molar-refractivity contribution in [3.05, 3.63) is 84.2 Å². The van der Waals surface area contributed by atoms with E-state index in [2.05, 4.69) is 36.2 Å². The van der Waals surface area contributed by atoms with E-state index in [-0.39, 0.29) is 11.7 Å². The van der Waals surface area contributed by atoms with Gasteiger partial charge in [0.05, 0.1) is 12.8 Å². The summed E-state index contributed by atoms with van der Waals surface area (Å²) in [5.41, 5.74) is 4.33. The zero-order valence-corrected chi connectivity index (χ0v) is 16.6. The first kappa shape index (κ1) is 19.8. The normalized spacial score (nSPS) is 11.8. The summed E-state index contributed by atoms with van der Waals surface area (Å²) in [5.74, 6) is 1.10. The Bertz CT molecular complexity index is 871. The molecule has 1 heterocycles. The highest BCUT2D eigenvalue weighted by molar-refractivity contribution is 5.81. The van der Waals surface area contributed by atoms with E-state index in [9.17, 15) is 4.79 Å². The second kappa shape index (κ2) is 9.84. The van der Waals surface area contributed by atoms with Crippen LogP contribution in [0.5, 0.6) is 5.75 Å². The molecule has 0 saturated heterocycles. The molecular weight excluding hydrogens is 346 g/mol. The van der Waals surface area contributed by atoms with Gasteiger partial charge in [-0.05, 0) is 35.2 Å². The smallest absolute Gasteiger partial charge is 0.137 e. The van der Waals surface area contributed by atoms with Gasteiger partial charge in [0.2, 0.25) is 0 Å². The van der Waals surface area contributed by atoms with E-state index in [1.165, 1.54) is 11.1 Å². The predicted molar refractivity (Wildman–Crippen MR) is 114 cm³/mol. The Labute approximate surface area is 167 Å². The van der Waals surface area contributed by atoms with Crippen LogP contribution < -0.4 is 4.74 Å². The van der Waals surface area contributed by atoms with Crippen LogP contribution in [0.4, 0.5) is 0 Å². The van der Waals surface area contributed by atoms with Gasteiger partial charge in [-0.15, -0.1) is 0 Å². The molecule has 1 atom stereocenters. The SMILES string of the molecule is CCCOc1ccc([C@@H](C)CC(=O)Cc2ccc(-c3ccccc3)cc2)nc1. The summed E-state index contributed by atoms with van der Waals surface area (Å²) >= 11 is 0. The Morgan fingerprint density at radius 2 is 1.68 bits per heavy atom. The van der Waals surface area contributed by atoms with Crippen LogP contribution in [0.1, 0.15) is 43.9 Å². The van der Waals surface area contributed by atoms with Crippen molar-refractivity contribution >= 4 is 5.78 Å². The van der Waals surface area contributed by atoms with Crippen LogP contribution in [-0.4, -0.2) is 17.4 Å². The van der Waals surface area contributed by atoms with E-state index in [1.54, 1.807) is 6.20 Å². The molecule has 0 N–H and O–H groups in total. The van der Waals surface area contributed by atoms with E-state index in [1.807, 2.05) is 49.4 Å². The lowest BCUT2D eigenvalue weighted by atomic mass is 9.96. The Kier molecular flexibility index (Phi) is 6.96. The van der Waals surface area contributed by atoms with Crippen LogP contribution >= 0.6 is 0 Å². The van der Waals surface area contributed by atoms with Crippen LogP contribution in [0.15, 0.2) is 72.9 Å². The fraction of sp³-hybridized carbons (Fsp3) is 0.280. The molecule has 0 radical (unpaired) electrons. The van der Waals surface area contributed by atoms with Crippen LogP contribution in [0.3, 0.4) is 0 Å². The van der Waals surface area contributed by atoms with Crippen molar-refractivity contribution in [3.63, 3.8) is 0 Å². The number of ketones is 1. The number of carbonyl (C=O) groups excluding carboxylic acids is 1. The molecular formula is C25H27NO2. The molecule has 0 aliphatic heterocycles. The zero-order valence-electron chi connectivity index (χ0n) is 16.6. The first-order valence-electron chi connectivity index (χ1n) is 9.90. The van der Waals surface area contributed by atoms with Gasteiger partial charge in [0.1, 0.15) is 11.5 Å². The number of carbonyl (C=O) groups is 1. The monoisotopic (exact) mass is 373 g/mol. The first-order valence-corrected chi connectivity index (χ1v) is 9.90. The van der Waals surface area contributed by atoms with Crippen molar-refractivity contribution in [1.29, 1.82) is 0 Å². The van der Waals surface area contributed by atoms with E-state index >= 15 is 0 Å². The molecule has 0 amide bonds. The molecule has 0 fully saturated rings. The molecule has 0 saturated carbocycles. The van der Waals surface area contributed by atoms with Gasteiger partial charge in [0.15, 0.2) is 0 Å². The van der Waals surface area contributed by atoms with E-state index in [0.717, 1.165) is 23.4 Å². The second-order valence-corrected chi connectivity index (χ2v) is 7.15. The van der Waals surface area contributed by atoms with Crippen LogP contribution in [0.2, 0.25) is 0 Å². The van der Waals surface area contributed by atoms with Gasteiger partial charge in [0.25, 0.3) is 0 Å². The first-order chi connectivity index (χ1) is 13.7. The summed E-state index contributed by atoms with van der Waals surface area (Å²) in [6.07, 6.45) is 3.66. The van der Waals surface area contributed by atoms with E-state index in [4.69, 9.17) is 4.74 Å². The number of ether oxygens (including phenoxy) is 1. The average molecular weight is 373 g/mol. The Hall–Kier alpha value is -2.94. The van der Waals surface area contributed by atoms with Gasteiger partial charge >= 0.3 is 0 Å². The fourth-order valence-electron chi connectivity index (χ4n) is 3.18. The number of rotatable bonds is 9. The number of pyridine rings is 1. The molecule has 3 rings (SSSR count). The standard InChI is InChI=1S/C25H27NO2/c1-3-15-28-24-13-14-25(26-18-24)19(2)16-23(27)17-20-9-11-22(12-10-20)21-7-5-4-6-8-21/h4-14,18-19H,3,15-17H2,1-2H3/t19-/m0/s1. The summed E-state index contributed by atoms with van der Waals surface area (Å²) in [4.78, 5) is 17.0. The van der Waals surface area contributed by atoms with Crippen molar-refractivity contribution in [2.24, 2.45) is 0 Å². The number of aromatic nitrogens is 1. The molecule has 0 spiro atoms. The summed E-state index contributed by atoms with van der Waals surface area (Å²) in [6, 6.07) is 22.4. The van der Waals surface area contributed by atoms with E-state index < -0.39 is 0 Å². The molecule has 144 valence electrons. The summed E-state index contributed by atoms with van der Waals surface area (Å²) < 4.78 is 5.56. The molecule has 0 bridgehead atoms. The van der Waals surface area contributed by atoms with Gasteiger partial charge in [-0.2, -0.15) is 0 Å². The highest BCUT2D eigenvalue weighted by Gasteiger charge is 2.13. The molecule has 1 aromatic heterocycles. The minimum atomic E-state index is 0.0938. The Balaban J connectivity index is 1.54. The Morgan fingerprint density at radius 3 is 2.32 bits per heavy atom. The molecule has 28 heavy (non-hydrogen) atoms. The van der Waals surface area contributed by atoms with Crippen LogP contribution in [0.25, 0.3) is 11.1 Å². The summed E-state index contributed by atoms with van der Waals surface area (Å²) in [7, 11) is 0. The van der Waals surface area contributed by atoms with Crippen molar-refractivity contribution in [2.45, 2.75) is 39.0 Å². The third kappa shape index (κ3) is 5.53. The fourth-order valence-corrected chi connectivity index (χ4v) is 3.18. The van der Waals surface area contributed by atoms with Crippen LogP contribution in [-0.2, 0) is 11.2 Å². The second-order valence-electron chi connectivity index (χ2n) is 7.15. The average Bonchev–Trinajstić information content (AvgIpc) is 2.73. The highest BCUT2D eigenvalue weighted by atomic mass is 16.5. The van der Waals surface area contributed by atoms with Gasteiger partial charge in [0, 0.05) is 24.5 Å². The lowest BCUT2D eigenvalue weighted by molar-refractivity contribution is -0.118. The number of Topliss-reactive ketones (excluding diaryl/α,β-unsaturated/α-hetero) is 1. The summed E-state index contributed by atoms with van der Waals surface area (Å²) in [5, 5.41) is 0. The molecule has 3 nitrogen and oxygen atoms in total. The zero-order chi connectivity index (χ0) is 19.8. The quantitative estimate of drug-likeness (QED) is 0.473. The molecule has 2 aromatic carbocycles. The molecule has 0 aliphatic rings. The summed E-state index contributed by atoms with van der Waals surface area (Å²) in [6.45, 7) is 4.81. The van der Waals surface area contributed by atoms with Crippen molar-refractivity contribution < 1.29 is 9.53 Å². The molecule has 0 aliphatic carbocycles. The third-order valence-electron chi connectivity index (χ3n) is 4.73. The predicted octanol–water partition coefficient (Wildman–Crippen LogP) is 5.84. The number of hydrogen-bond donors (Lipinski definition) is 0. The lowest BCUT2D eigenvalue weighted by Crippen LogP contribution is -2.08. The molecule has 3 heteroatoms. The number of benzene rings is 2. The van der Waals surface area contributed by atoms with Crippen molar-refractivity contribution in [2.75, 3.05) is 6.61 Å². The topological polar surface area (TPSA) is 39.2 Å². The van der Waals surface area contributed by atoms with Crippen molar-refractivity contribution in [1.82, 2.24) is 4.98 Å². The van der Waals surface area contributed by atoms with Crippen molar-refractivity contribution in [3.8, 4) is 16.9 Å². The number of nitrogens with zero attached hydrogens (tertiary/aromatic N) is 1. The maximum atomic E-state index is 12.5. The third-order valence-corrected chi connectivity index (χ3v) is 4.73. The number of hydrogen-bond acceptors (Lipinski definition) is 3. The highest BCUT2D eigenvalue weighted by Crippen LogP contribution is 2.22. The minimum absolute atomic E-state index is 0.0938. The van der Waals surface area contributed by atoms with Gasteiger partial charge < -0.3 is 4.74 Å². The van der Waals surface area contributed by atoms with Gasteiger partial charge in [-0.25, -0.2) is 0 Å². The van der Waals surface area contributed by atoms with Gasteiger partial charge in [-0.1, -0.05) is 68.4 Å². The minimum Gasteiger partial charge on any atom is -0.492 e. The molecule has 3 aromatic rings. The largest absolute Gasteiger partial charge is 0.492 e. The lowest BCUT2D eigenvalue weighted by Gasteiger charge is -2.11. The van der Waals surface area contributed by atoms with Gasteiger partial charge in [-0.3, -0.25) is 9.78 Å². The Morgan fingerprint density at radius 1 is 0.964 bits per heavy atom. The molecule has 0 unspecified atom stereocenters. The van der Waals surface area contributed by atoms with E-state index in [0.29, 0.717) is 19.4 Å².